The standard InChI is InChI=1S/C14H14N2O2/c1-10-7-13(10)14(17)18-12-4-2-3-11(8-12)16-6-5-15-9-16/h2-6,8-10,13H,7H2,1H3/t10-,13+/m1/s1. The lowest BCUT2D eigenvalue weighted by Crippen LogP contribution is -2.11. The molecule has 1 saturated carbocycles. The van der Waals surface area contributed by atoms with E-state index in [0.717, 1.165) is 12.1 Å². The number of imidazole rings is 1. The van der Waals surface area contributed by atoms with Crippen molar-refractivity contribution < 1.29 is 9.53 Å². The van der Waals surface area contributed by atoms with E-state index < -0.39 is 0 Å². The van der Waals surface area contributed by atoms with E-state index in [1.807, 2.05) is 29.0 Å². The minimum Gasteiger partial charge on any atom is -0.426 e. The summed E-state index contributed by atoms with van der Waals surface area (Å²) in [4.78, 5) is 15.7. The lowest BCUT2D eigenvalue weighted by atomic mass is 10.3. The Bertz CT molecular complexity index is 563. The Morgan fingerprint density at radius 3 is 3.00 bits per heavy atom. The molecule has 1 aliphatic rings. The van der Waals surface area contributed by atoms with Crippen LogP contribution in [0.2, 0.25) is 0 Å². The fourth-order valence-electron chi connectivity index (χ4n) is 1.96. The Morgan fingerprint density at radius 1 is 1.50 bits per heavy atom. The van der Waals surface area contributed by atoms with E-state index in [-0.39, 0.29) is 11.9 Å². The van der Waals surface area contributed by atoms with Gasteiger partial charge in [0.25, 0.3) is 0 Å². The molecule has 0 unspecified atom stereocenters. The van der Waals surface area contributed by atoms with Gasteiger partial charge in [0, 0.05) is 18.5 Å². The fourth-order valence-corrected chi connectivity index (χ4v) is 1.96. The number of carbonyl (C=O) groups excluding carboxylic acids is 1. The quantitative estimate of drug-likeness (QED) is 0.613. The van der Waals surface area contributed by atoms with Crippen molar-refractivity contribution in [2.75, 3.05) is 0 Å². The average Bonchev–Trinajstić information content (AvgIpc) is 2.90. The molecular weight excluding hydrogens is 228 g/mol. The number of hydrogen-bond acceptors (Lipinski definition) is 3. The zero-order chi connectivity index (χ0) is 12.5. The molecule has 0 N–H and O–H groups in total. The van der Waals surface area contributed by atoms with Crippen LogP contribution < -0.4 is 4.74 Å². The second-order valence-electron chi connectivity index (χ2n) is 4.71. The Balaban J connectivity index is 1.77. The Kier molecular flexibility index (Phi) is 2.63. The third-order valence-electron chi connectivity index (χ3n) is 3.25. The van der Waals surface area contributed by atoms with Gasteiger partial charge in [-0.2, -0.15) is 0 Å². The molecular formula is C14H14N2O2. The molecule has 4 heteroatoms. The molecule has 1 aromatic carbocycles. The minimum atomic E-state index is -0.120. The summed E-state index contributed by atoms with van der Waals surface area (Å²) in [7, 11) is 0. The molecule has 1 aromatic heterocycles. The van der Waals surface area contributed by atoms with Crippen molar-refractivity contribution in [1.82, 2.24) is 9.55 Å². The number of benzene rings is 1. The van der Waals surface area contributed by atoms with E-state index >= 15 is 0 Å². The van der Waals surface area contributed by atoms with Gasteiger partial charge in [-0.15, -0.1) is 0 Å². The molecule has 0 saturated heterocycles. The van der Waals surface area contributed by atoms with Gasteiger partial charge in [-0.1, -0.05) is 13.0 Å². The first-order valence-corrected chi connectivity index (χ1v) is 6.04. The van der Waals surface area contributed by atoms with Crippen LogP contribution in [-0.4, -0.2) is 15.5 Å². The molecule has 0 spiro atoms. The van der Waals surface area contributed by atoms with Gasteiger partial charge in [0.2, 0.25) is 0 Å². The minimum absolute atomic E-state index is 0.0851. The van der Waals surface area contributed by atoms with E-state index in [0.29, 0.717) is 11.7 Å². The van der Waals surface area contributed by atoms with Crippen LogP contribution in [0.15, 0.2) is 43.0 Å². The summed E-state index contributed by atoms with van der Waals surface area (Å²) in [5, 5.41) is 0. The van der Waals surface area contributed by atoms with Crippen LogP contribution in [0.5, 0.6) is 5.75 Å². The van der Waals surface area contributed by atoms with E-state index in [4.69, 9.17) is 4.74 Å². The number of carbonyl (C=O) groups is 1. The van der Waals surface area contributed by atoms with Gasteiger partial charge < -0.3 is 9.30 Å². The summed E-state index contributed by atoms with van der Waals surface area (Å²) in [6.45, 7) is 2.06. The summed E-state index contributed by atoms with van der Waals surface area (Å²) in [6, 6.07) is 7.45. The topological polar surface area (TPSA) is 44.1 Å². The molecule has 2 aromatic rings. The predicted octanol–water partition coefficient (Wildman–Crippen LogP) is 2.43. The summed E-state index contributed by atoms with van der Waals surface area (Å²) in [5.41, 5.74) is 0.932. The number of aromatic nitrogens is 2. The second kappa shape index (κ2) is 4.29. The van der Waals surface area contributed by atoms with Crippen LogP contribution in [0.3, 0.4) is 0 Å². The van der Waals surface area contributed by atoms with Crippen LogP contribution in [0.4, 0.5) is 0 Å². The molecule has 4 nitrogen and oxygen atoms in total. The maximum absolute atomic E-state index is 11.7. The van der Waals surface area contributed by atoms with Crippen LogP contribution in [0.25, 0.3) is 5.69 Å². The molecule has 18 heavy (non-hydrogen) atoms. The van der Waals surface area contributed by atoms with Crippen LogP contribution in [0, 0.1) is 11.8 Å². The highest BCUT2D eigenvalue weighted by atomic mass is 16.5. The molecule has 1 heterocycles. The number of esters is 1. The predicted molar refractivity (Wildman–Crippen MR) is 66.5 cm³/mol. The Labute approximate surface area is 105 Å². The van der Waals surface area contributed by atoms with Gasteiger partial charge in [-0.25, -0.2) is 4.98 Å². The molecule has 0 amide bonds. The highest BCUT2D eigenvalue weighted by Gasteiger charge is 2.40. The van der Waals surface area contributed by atoms with Gasteiger partial charge in [-0.05, 0) is 24.5 Å². The summed E-state index contributed by atoms with van der Waals surface area (Å²) in [6.07, 6.45) is 6.22. The monoisotopic (exact) mass is 242 g/mol. The van der Waals surface area contributed by atoms with Crippen molar-refractivity contribution in [3.05, 3.63) is 43.0 Å². The number of ether oxygens (including phenoxy) is 1. The summed E-state index contributed by atoms with van der Waals surface area (Å²) < 4.78 is 7.25. The fraction of sp³-hybridized carbons (Fsp3) is 0.286. The van der Waals surface area contributed by atoms with Gasteiger partial charge in [-0.3, -0.25) is 4.79 Å². The molecule has 1 fully saturated rings. The van der Waals surface area contributed by atoms with Gasteiger partial charge in [0.05, 0.1) is 17.9 Å². The lowest BCUT2D eigenvalue weighted by molar-refractivity contribution is -0.136. The van der Waals surface area contributed by atoms with E-state index in [2.05, 4.69) is 11.9 Å². The van der Waals surface area contributed by atoms with Crippen molar-refractivity contribution in [2.24, 2.45) is 11.8 Å². The number of rotatable bonds is 3. The number of nitrogens with zero attached hydrogens (tertiary/aromatic N) is 2. The van der Waals surface area contributed by atoms with Gasteiger partial charge in [0.1, 0.15) is 5.75 Å². The van der Waals surface area contributed by atoms with E-state index in [1.165, 1.54) is 0 Å². The largest absolute Gasteiger partial charge is 0.426 e. The normalized spacial score (nSPS) is 21.6. The average molecular weight is 242 g/mol. The van der Waals surface area contributed by atoms with Crippen molar-refractivity contribution in [1.29, 1.82) is 0 Å². The van der Waals surface area contributed by atoms with Crippen LogP contribution in [-0.2, 0) is 4.79 Å². The third kappa shape index (κ3) is 2.14. The molecule has 1 aliphatic carbocycles. The molecule has 2 atom stereocenters. The smallest absolute Gasteiger partial charge is 0.314 e. The highest BCUT2D eigenvalue weighted by molar-refractivity contribution is 5.78. The first-order valence-electron chi connectivity index (χ1n) is 6.04. The molecule has 92 valence electrons. The van der Waals surface area contributed by atoms with Crippen molar-refractivity contribution in [3.8, 4) is 11.4 Å². The third-order valence-corrected chi connectivity index (χ3v) is 3.25. The van der Waals surface area contributed by atoms with Crippen molar-refractivity contribution in [2.45, 2.75) is 13.3 Å². The second-order valence-corrected chi connectivity index (χ2v) is 4.71. The zero-order valence-corrected chi connectivity index (χ0v) is 10.1. The summed E-state index contributed by atoms with van der Waals surface area (Å²) >= 11 is 0. The first-order chi connectivity index (χ1) is 8.74. The molecule has 0 radical (unpaired) electrons. The molecule has 3 rings (SSSR count). The zero-order valence-electron chi connectivity index (χ0n) is 10.1. The van der Waals surface area contributed by atoms with Crippen LogP contribution >= 0.6 is 0 Å². The maximum Gasteiger partial charge on any atom is 0.314 e. The maximum atomic E-state index is 11.7. The van der Waals surface area contributed by atoms with Crippen LogP contribution in [0.1, 0.15) is 13.3 Å². The SMILES string of the molecule is C[C@@H]1C[C@@H]1C(=O)Oc1cccc(-n2ccnc2)c1. The number of hydrogen-bond donors (Lipinski definition) is 0. The van der Waals surface area contributed by atoms with E-state index in [1.54, 1.807) is 18.6 Å². The van der Waals surface area contributed by atoms with Gasteiger partial charge in [0.15, 0.2) is 0 Å². The van der Waals surface area contributed by atoms with Gasteiger partial charge >= 0.3 is 5.97 Å². The Hall–Kier alpha value is -2.10. The highest BCUT2D eigenvalue weighted by Crippen LogP contribution is 2.38. The van der Waals surface area contributed by atoms with E-state index in [9.17, 15) is 4.79 Å². The first kappa shape index (κ1) is 11.0. The summed E-state index contributed by atoms with van der Waals surface area (Å²) in [5.74, 6) is 1.02. The van der Waals surface area contributed by atoms with Crippen molar-refractivity contribution in [3.63, 3.8) is 0 Å². The molecule has 0 bridgehead atoms. The lowest BCUT2D eigenvalue weighted by Gasteiger charge is -2.06. The Morgan fingerprint density at radius 2 is 2.33 bits per heavy atom. The van der Waals surface area contributed by atoms with Crippen molar-refractivity contribution >= 4 is 5.97 Å². The molecule has 0 aliphatic heterocycles.